The minimum Gasteiger partial charge on any atom is -0.389 e. The maximum Gasteiger partial charge on any atom is 0.334 e. The van der Waals surface area contributed by atoms with Gasteiger partial charge < -0.3 is 10.4 Å². The lowest BCUT2D eigenvalue weighted by Crippen LogP contribution is -2.33. The number of rotatable bonds is 6. The van der Waals surface area contributed by atoms with E-state index in [1.807, 2.05) is 31.2 Å². The van der Waals surface area contributed by atoms with Crippen LogP contribution in [0.2, 0.25) is 5.15 Å². The summed E-state index contributed by atoms with van der Waals surface area (Å²) in [5, 5.41) is 14.1. The third kappa shape index (κ3) is 5.31. The lowest BCUT2D eigenvalue weighted by molar-refractivity contribution is 0.0605. The first-order valence-corrected chi connectivity index (χ1v) is 11.9. The first-order valence-electron chi connectivity index (χ1n) is 11.5. The number of nitrogens with zero attached hydrogens (tertiary/aromatic N) is 4. The zero-order valence-corrected chi connectivity index (χ0v) is 20.4. The molecule has 3 aromatic rings. The van der Waals surface area contributed by atoms with E-state index < -0.39 is 5.60 Å². The van der Waals surface area contributed by atoms with E-state index in [4.69, 9.17) is 16.6 Å². The van der Waals surface area contributed by atoms with Gasteiger partial charge in [0.1, 0.15) is 10.8 Å². The van der Waals surface area contributed by atoms with Gasteiger partial charge in [0.2, 0.25) is 5.95 Å². The second kappa shape index (κ2) is 9.31. The van der Waals surface area contributed by atoms with Gasteiger partial charge in [-0.2, -0.15) is 0 Å². The molecule has 0 atom stereocenters. The molecule has 1 fully saturated rings. The number of aryl methyl sites for hydroxylation is 1. The maximum atomic E-state index is 13.5. The molecule has 0 aliphatic heterocycles. The molecule has 0 bridgehead atoms. The van der Waals surface area contributed by atoms with Crippen LogP contribution in [-0.4, -0.2) is 35.9 Å². The van der Waals surface area contributed by atoms with E-state index in [2.05, 4.69) is 17.2 Å². The van der Waals surface area contributed by atoms with Crippen LogP contribution in [0.1, 0.15) is 52.0 Å². The summed E-state index contributed by atoms with van der Waals surface area (Å²) in [6.45, 7) is 7.63. The second-order valence-corrected chi connectivity index (χ2v) is 10.2. The second-order valence-electron chi connectivity index (χ2n) is 9.86. The third-order valence-corrected chi connectivity index (χ3v) is 6.51. The lowest BCUT2D eigenvalue weighted by Gasteiger charge is -2.26. The van der Waals surface area contributed by atoms with E-state index in [1.54, 1.807) is 30.7 Å². The van der Waals surface area contributed by atoms with Crippen molar-refractivity contribution in [3.05, 3.63) is 57.7 Å². The number of anilines is 1. The fourth-order valence-electron chi connectivity index (χ4n) is 4.42. The van der Waals surface area contributed by atoms with Gasteiger partial charge in [0.25, 0.3) is 0 Å². The highest BCUT2D eigenvalue weighted by molar-refractivity contribution is 6.32. The van der Waals surface area contributed by atoms with Gasteiger partial charge in [0.05, 0.1) is 23.5 Å². The first-order chi connectivity index (χ1) is 15.6. The smallest absolute Gasteiger partial charge is 0.334 e. The Morgan fingerprint density at radius 1 is 1.21 bits per heavy atom. The highest BCUT2D eigenvalue weighted by Crippen LogP contribution is 2.31. The van der Waals surface area contributed by atoms with E-state index in [0.29, 0.717) is 29.1 Å². The number of hydrogen-bond acceptors (Lipinski definition) is 5. The molecule has 176 valence electrons. The van der Waals surface area contributed by atoms with Gasteiger partial charge in [-0.15, -0.1) is 0 Å². The molecule has 0 radical (unpaired) electrons. The van der Waals surface area contributed by atoms with Gasteiger partial charge >= 0.3 is 5.69 Å². The van der Waals surface area contributed by atoms with E-state index in [0.717, 1.165) is 24.3 Å². The van der Waals surface area contributed by atoms with Crippen LogP contribution in [0.15, 0.2) is 41.3 Å². The number of hydrogen-bond donors (Lipinski definition) is 2. The summed E-state index contributed by atoms with van der Waals surface area (Å²) in [4.78, 5) is 22.6. The van der Waals surface area contributed by atoms with Crippen molar-refractivity contribution in [3.8, 4) is 17.1 Å². The minimum atomic E-state index is -1.11. The predicted octanol–water partition coefficient (Wildman–Crippen LogP) is 4.82. The van der Waals surface area contributed by atoms with Gasteiger partial charge in [-0.05, 0) is 76.1 Å². The third-order valence-electron chi connectivity index (χ3n) is 6.13. The molecule has 2 aromatic heterocycles. The van der Waals surface area contributed by atoms with Gasteiger partial charge in [-0.3, -0.25) is 9.13 Å². The summed E-state index contributed by atoms with van der Waals surface area (Å²) >= 11 is 6.78. The van der Waals surface area contributed by atoms with Crippen LogP contribution in [0.5, 0.6) is 0 Å². The number of aliphatic hydroxyl groups is 1. The van der Waals surface area contributed by atoms with Crippen molar-refractivity contribution in [2.75, 3.05) is 5.32 Å². The zero-order valence-electron chi connectivity index (χ0n) is 19.7. The van der Waals surface area contributed by atoms with Crippen LogP contribution in [0.4, 0.5) is 5.95 Å². The minimum absolute atomic E-state index is 0.0624. The molecule has 1 aromatic carbocycles. The SMILES string of the molecule is Cc1cccc(-n2c(-c3ccnc(N[C@H]4CC[C@H](C)CC4)n3)c(Cl)n(CC(C)(C)O)c2=O)c1. The zero-order chi connectivity index (χ0) is 23.8. The summed E-state index contributed by atoms with van der Waals surface area (Å²) in [6, 6.07) is 9.77. The molecular formula is C25H32ClN5O2. The normalized spacial score (nSPS) is 19.0. The Balaban J connectivity index is 1.80. The van der Waals surface area contributed by atoms with Gasteiger partial charge in [-0.1, -0.05) is 30.7 Å². The Kier molecular flexibility index (Phi) is 6.64. The molecule has 0 spiro atoms. The summed E-state index contributed by atoms with van der Waals surface area (Å²) < 4.78 is 2.96. The Labute approximate surface area is 199 Å². The fraction of sp³-hybridized carbons (Fsp3) is 0.480. The summed E-state index contributed by atoms with van der Waals surface area (Å²) in [5.41, 5.74) is 1.32. The maximum absolute atomic E-state index is 13.5. The average Bonchev–Trinajstić information content (AvgIpc) is 2.99. The molecule has 8 heteroatoms. The summed E-state index contributed by atoms with van der Waals surface area (Å²) in [5.74, 6) is 1.29. The Morgan fingerprint density at radius 3 is 2.61 bits per heavy atom. The van der Waals surface area contributed by atoms with Crippen molar-refractivity contribution >= 4 is 17.5 Å². The number of imidazole rings is 1. The Morgan fingerprint density at radius 2 is 1.94 bits per heavy atom. The molecule has 1 aliphatic carbocycles. The molecule has 1 aliphatic rings. The van der Waals surface area contributed by atoms with E-state index >= 15 is 0 Å². The van der Waals surface area contributed by atoms with Crippen molar-refractivity contribution in [2.24, 2.45) is 5.92 Å². The van der Waals surface area contributed by atoms with Crippen LogP contribution >= 0.6 is 11.6 Å². The first kappa shape index (κ1) is 23.5. The van der Waals surface area contributed by atoms with E-state index in [-0.39, 0.29) is 17.4 Å². The molecule has 0 unspecified atom stereocenters. The standard InChI is InChI=1S/C25H32ClN5O2/c1-16-8-10-18(11-9-16)28-23-27-13-12-20(29-23)21-22(26)30(15-25(3,4)33)24(32)31(21)19-7-5-6-17(2)14-19/h5-7,12-14,16,18,33H,8-11,15H2,1-4H3,(H,27,28,29)/t16-,18-. The van der Waals surface area contributed by atoms with Gasteiger partial charge in [-0.25, -0.2) is 14.8 Å². The Hall–Kier alpha value is -2.64. The van der Waals surface area contributed by atoms with Crippen LogP contribution in [0.3, 0.4) is 0 Å². The van der Waals surface area contributed by atoms with Crippen LogP contribution in [-0.2, 0) is 6.54 Å². The number of nitrogens with one attached hydrogen (secondary N) is 1. The molecule has 1 saturated carbocycles. The molecule has 0 saturated heterocycles. The summed E-state index contributed by atoms with van der Waals surface area (Å²) in [6.07, 6.45) is 6.24. The molecule has 2 N–H and O–H groups in total. The fourth-order valence-corrected chi connectivity index (χ4v) is 4.73. The van der Waals surface area contributed by atoms with Crippen molar-refractivity contribution in [1.82, 2.24) is 19.1 Å². The highest BCUT2D eigenvalue weighted by atomic mass is 35.5. The van der Waals surface area contributed by atoms with Crippen LogP contribution in [0.25, 0.3) is 17.1 Å². The molecular weight excluding hydrogens is 438 g/mol. The van der Waals surface area contributed by atoms with Crippen molar-refractivity contribution < 1.29 is 5.11 Å². The average molecular weight is 470 g/mol. The number of benzene rings is 1. The van der Waals surface area contributed by atoms with Crippen molar-refractivity contribution in [3.63, 3.8) is 0 Å². The number of halogens is 1. The molecule has 0 amide bonds. The summed E-state index contributed by atoms with van der Waals surface area (Å²) in [7, 11) is 0. The van der Waals surface area contributed by atoms with E-state index in [9.17, 15) is 9.90 Å². The molecule has 33 heavy (non-hydrogen) atoms. The van der Waals surface area contributed by atoms with Crippen molar-refractivity contribution in [1.29, 1.82) is 0 Å². The quantitative estimate of drug-likeness (QED) is 0.540. The molecule has 2 heterocycles. The van der Waals surface area contributed by atoms with Crippen molar-refractivity contribution in [2.45, 2.75) is 71.6 Å². The molecule has 4 rings (SSSR count). The molecule has 7 nitrogen and oxygen atoms in total. The largest absolute Gasteiger partial charge is 0.389 e. The van der Waals surface area contributed by atoms with E-state index in [1.165, 1.54) is 17.4 Å². The number of aromatic nitrogens is 4. The van der Waals surface area contributed by atoms with Gasteiger partial charge in [0.15, 0.2) is 0 Å². The highest BCUT2D eigenvalue weighted by Gasteiger charge is 2.26. The Bertz CT molecular complexity index is 1190. The lowest BCUT2D eigenvalue weighted by atomic mass is 9.87. The predicted molar refractivity (Wildman–Crippen MR) is 132 cm³/mol. The van der Waals surface area contributed by atoms with Crippen LogP contribution < -0.4 is 11.0 Å². The van der Waals surface area contributed by atoms with Gasteiger partial charge in [0, 0.05) is 12.2 Å². The monoisotopic (exact) mass is 469 g/mol. The van der Waals surface area contributed by atoms with Crippen LogP contribution in [0, 0.1) is 12.8 Å². The topological polar surface area (TPSA) is 85.0 Å².